The van der Waals surface area contributed by atoms with Crippen LogP contribution in [0.1, 0.15) is 47.4 Å². The monoisotopic (exact) mass is 408 g/mol. The highest BCUT2D eigenvalue weighted by Gasteiger charge is 2.16. The summed E-state index contributed by atoms with van der Waals surface area (Å²) in [5, 5.41) is 8.45. The molecule has 0 saturated carbocycles. The van der Waals surface area contributed by atoms with Crippen LogP contribution in [0.2, 0.25) is 0 Å². The minimum atomic E-state index is -0.0451. The van der Waals surface area contributed by atoms with Crippen molar-refractivity contribution in [1.29, 1.82) is 0 Å². The first-order chi connectivity index (χ1) is 14.1. The molecule has 0 bridgehead atoms. The number of amides is 1. The second-order valence-corrected chi connectivity index (χ2v) is 8.22. The van der Waals surface area contributed by atoms with Crippen LogP contribution in [0.3, 0.4) is 0 Å². The molecular weight excluding hydrogens is 380 g/mol. The maximum absolute atomic E-state index is 12.5. The van der Waals surface area contributed by atoms with Gasteiger partial charge in [-0.3, -0.25) is 10.1 Å². The zero-order valence-corrected chi connectivity index (χ0v) is 18.0. The molecule has 152 valence electrons. The minimum Gasteiger partial charge on any atom is -0.496 e. The van der Waals surface area contributed by atoms with Crippen LogP contribution in [0, 0.1) is 0 Å². The molecule has 1 aromatic heterocycles. The Kier molecular flexibility index (Phi) is 7.44. The summed E-state index contributed by atoms with van der Waals surface area (Å²) in [5.41, 5.74) is 3.44. The number of hydrogen-bond donors (Lipinski definition) is 2. The summed E-state index contributed by atoms with van der Waals surface area (Å²) in [6.45, 7) is 5.06. The van der Waals surface area contributed by atoms with E-state index >= 15 is 0 Å². The van der Waals surface area contributed by atoms with Crippen LogP contribution in [-0.2, 0) is 11.3 Å². The lowest BCUT2D eigenvalue weighted by Crippen LogP contribution is -2.35. The van der Waals surface area contributed by atoms with Crippen molar-refractivity contribution in [3.63, 3.8) is 0 Å². The summed E-state index contributed by atoms with van der Waals surface area (Å²) >= 11 is 1.69. The maximum atomic E-state index is 12.5. The smallest absolute Gasteiger partial charge is 0.234 e. The molecule has 3 aromatic rings. The Morgan fingerprint density at radius 3 is 2.38 bits per heavy atom. The molecule has 0 fully saturated rings. The lowest BCUT2D eigenvalue weighted by atomic mass is 9.98. The number of nitrogens with one attached hydrogen (secondary N) is 2. The van der Waals surface area contributed by atoms with E-state index < -0.39 is 0 Å². The number of carbonyl (C=O) groups is 1. The summed E-state index contributed by atoms with van der Waals surface area (Å²) in [5.74, 6) is 1.23. The Labute approximate surface area is 176 Å². The minimum absolute atomic E-state index is 0.00627. The van der Waals surface area contributed by atoms with E-state index in [9.17, 15) is 4.79 Å². The first kappa shape index (κ1) is 21.1. The van der Waals surface area contributed by atoms with Crippen LogP contribution in [0.5, 0.6) is 5.75 Å². The largest absolute Gasteiger partial charge is 0.496 e. The number of benzene rings is 2. The average Bonchev–Trinajstić information content (AvgIpc) is 3.27. The van der Waals surface area contributed by atoms with Gasteiger partial charge in [0, 0.05) is 17.0 Å². The van der Waals surface area contributed by atoms with Crippen LogP contribution in [0.25, 0.3) is 0 Å². The Morgan fingerprint density at radius 2 is 1.72 bits per heavy atom. The molecule has 0 spiro atoms. The molecule has 4 nitrogen and oxygen atoms in total. The number of thiophene rings is 1. The second-order valence-electron chi connectivity index (χ2n) is 7.24. The molecule has 0 aliphatic rings. The standard InChI is InChI=1S/C24H28N2O2S/c1-17(2)18-10-12-19(13-11-18)24(22-9-6-14-29-22)26-16-23(27)25-15-20-7-4-5-8-21(20)28-3/h4-14,17,24,26H,15-16H2,1-3H3,(H,25,27)/t24-/m0/s1. The fourth-order valence-electron chi connectivity index (χ4n) is 3.21. The summed E-state index contributed by atoms with van der Waals surface area (Å²) in [6.07, 6.45) is 0. The van der Waals surface area contributed by atoms with Gasteiger partial charge in [0.15, 0.2) is 0 Å². The first-order valence-electron chi connectivity index (χ1n) is 9.83. The molecule has 5 heteroatoms. The van der Waals surface area contributed by atoms with Gasteiger partial charge in [-0.15, -0.1) is 11.3 Å². The second kappa shape index (κ2) is 10.2. The van der Waals surface area contributed by atoms with Crippen molar-refractivity contribution in [3.05, 3.63) is 87.6 Å². The summed E-state index contributed by atoms with van der Waals surface area (Å²) < 4.78 is 5.34. The van der Waals surface area contributed by atoms with E-state index in [1.807, 2.05) is 30.3 Å². The van der Waals surface area contributed by atoms with E-state index in [-0.39, 0.29) is 18.5 Å². The molecule has 0 saturated heterocycles. The van der Waals surface area contributed by atoms with Crippen molar-refractivity contribution in [3.8, 4) is 5.75 Å². The molecule has 0 unspecified atom stereocenters. The summed E-state index contributed by atoms with van der Waals surface area (Å²) in [4.78, 5) is 13.6. The molecule has 1 heterocycles. The third kappa shape index (κ3) is 5.68. The molecule has 2 N–H and O–H groups in total. The van der Waals surface area contributed by atoms with Gasteiger partial charge < -0.3 is 10.1 Å². The highest BCUT2D eigenvalue weighted by atomic mass is 32.1. The van der Waals surface area contributed by atoms with Gasteiger partial charge >= 0.3 is 0 Å². The van der Waals surface area contributed by atoms with E-state index in [4.69, 9.17) is 4.74 Å². The van der Waals surface area contributed by atoms with Gasteiger partial charge in [0.05, 0.1) is 19.7 Å². The van der Waals surface area contributed by atoms with Gasteiger partial charge in [0.25, 0.3) is 0 Å². The molecule has 2 aromatic carbocycles. The van der Waals surface area contributed by atoms with Gasteiger partial charge in [-0.2, -0.15) is 0 Å². The molecule has 3 rings (SSSR count). The van der Waals surface area contributed by atoms with Crippen molar-refractivity contribution in [1.82, 2.24) is 10.6 Å². The normalized spacial score (nSPS) is 12.0. The third-order valence-electron chi connectivity index (χ3n) is 4.90. The van der Waals surface area contributed by atoms with Crippen LogP contribution in [-0.4, -0.2) is 19.6 Å². The van der Waals surface area contributed by atoms with Gasteiger partial charge in [-0.25, -0.2) is 0 Å². The van der Waals surface area contributed by atoms with Gasteiger partial charge in [-0.05, 0) is 34.6 Å². The highest BCUT2D eigenvalue weighted by molar-refractivity contribution is 7.10. The highest BCUT2D eigenvalue weighted by Crippen LogP contribution is 2.27. The van der Waals surface area contributed by atoms with Crippen molar-refractivity contribution in [2.75, 3.05) is 13.7 Å². The van der Waals surface area contributed by atoms with E-state index in [1.165, 1.54) is 10.4 Å². The van der Waals surface area contributed by atoms with E-state index in [2.05, 4.69) is 60.2 Å². The van der Waals surface area contributed by atoms with Crippen molar-refractivity contribution in [2.45, 2.75) is 32.4 Å². The molecule has 1 amide bonds. The predicted octanol–water partition coefficient (Wildman–Crippen LogP) is 4.88. The Morgan fingerprint density at radius 1 is 1.00 bits per heavy atom. The molecule has 29 heavy (non-hydrogen) atoms. The van der Waals surface area contributed by atoms with Crippen LogP contribution >= 0.6 is 11.3 Å². The SMILES string of the molecule is COc1ccccc1CNC(=O)CN[C@@H](c1ccc(C(C)C)cc1)c1cccs1. The van der Waals surface area contributed by atoms with Crippen LogP contribution in [0.4, 0.5) is 0 Å². The molecule has 0 radical (unpaired) electrons. The lowest BCUT2D eigenvalue weighted by molar-refractivity contribution is -0.120. The molecule has 0 aliphatic carbocycles. The zero-order chi connectivity index (χ0) is 20.6. The van der Waals surface area contributed by atoms with Crippen LogP contribution in [0.15, 0.2) is 66.0 Å². The van der Waals surface area contributed by atoms with Crippen molar-refractivity contribution >= 4 is 17.2 Å². The maximum Gasteiger partial charge on any atom is 0.234 e. The third-order valence-corrected chi connectivity index (χ3v) is 5.84. The van der Waals surface area contributed by atoms with Crippen molar-refractivity contribution in [2.24, 2.45) is 0 Å². The number of para-hydroxylation sites is 1. The fourth-order valence-corrected chi connectivity index (χ4v) is 4.04. The Balaban J connectivity index is 1.63. The number of hydrogen-bond acceptors (Lipinski definition) is 4. The quantitative estimate of drug-likeness (QED) is 0.531. The number of methoxy groups -OCH3 is 1. The predicted molar refractivity (Wildman–Crippen MR) is 120 cm³/mol. The van der Waals surface area contributed by atoms with Gasteiger partial charge in [0.2, 0.25) is 5.91 Å². The summed E-state index contributed by atoms with van der Waals surface area (Å²) in [7, 11) is 1.64. The molecule has 1 atom stereocenters. The first-order valence-corrected chi connectivity index (χ1v) is 10.7. The number of rotatable bonds is 9. The van der Waals surface area contributed by atoms with E-state index in [0.717, 1.165) is 16.9 Å². The van der Waals surface area contributed by atoms with Crippen LogP contribution < -0.4 is 15.4 Å². The zero-order valence-electron chi connectivity index (χ0n) is 17.1. The van der Waals surface area contributed by atoms with Gasteiger partial charge in [0.1, 0.15) is 5.75 Å². The molecular formula is C24H28N2O2S. The van der Waals surface area contributed by atoms with E-state index in [0.29, 0.717) is 12.5 Å². The topological polar surface area (TPSA) is 50.4 Å². The average molecular weight is 409 g/mol. The van der Waals surface area contributed by atoms with Gasteiger partial charge in [-0.1, -0.05) is 62.4 Å². The lowest BCUT2D eigenvalue weighted by Gasteiger charge is -2.19. The van der Waals surface area contributed by atoms with E-state index in [1.54, 1.807) is 18.4 Å². The number of ether oxygens (including phenoxy) is 1. The summed E-state index contributed by atoms with van der Waals surface area (Å²) in [6, 6.07) is 20.5. The Bertz CT molecular complexity index is 905. The fraction of sp³-hybridized carbons (Fsp3) is 0.292. The Hall–Kier alpha value is -2.63. The number of carbonyl (C=O) groups excluding carboxylic acids is 1. The van der Waals surface area contributed by atoms with Crippen molar-refractivity contribution < 1.29 is 9.53 Å². The molecule has 0 aliphatic heterocycles.